The van der Waals surface area contributed by atoms with Gasteiger partial charge in [-0.3, -0.25) is 0 Å². The van der Waals surface area contributed by atoms with Crippen LogP contribution in [0.1, 0.15) is 27.2 Å². The van der Waals surface area contributed by atoms with E-state index in [0.717, 1.165) is 11.8 Å². The Balaban J connectivity index is 0.000000231. The Morgan fingerprint density at radius 1 is 1.20 bits per heavy atom. The maximum atomic E-state index is 2.55. The molecule has 2 atom stereocenters. The van der Waals surface area contributed by atoms with Crippen LogP contribution in [-0.4, -0.2) is 24.5 Å². The molecule has 1 saturated heterocycles. The third-order valence-electron chi connectivity index (χ3n) is 2.50. The van der Waals surface area contributed by atoms with Crippen molar-refractivity contribution in [3.8, 4) is 0 Å². The molecular formula is C9H19N. The molecule has 60 valence electrons. The van der Waals surface area contributed by atoms with Gasteiger partial charge in [0.25, 0.3) is 0 Å². The third-order valence-corrected chi connectivity index (χ3v) is 2.50. The van der Waals surface area contributed by atoms with E-state index in [2.05, 4.69) is 11.8 Å². The van der Waals surface area contributed by atoms with Gasteiger partial charge in [-0.1, -0.05) is 20.8 Å². The van der Waals surface area contributed by atoms with Crippen LogP contribution in [0.15, 0.2) is 0 Å². The Morgan fingerprint density at radius 3 is 2.00 bits per heavy atom. The van der Waals surface area contributed by atoms with Crippen molar-refractivity contribution in [1.82, 2.24) is 4.90 Å². The average molecular weight is 141 g/mol. The first-order valence-electron chi connectivity index (χ1n) is 4.62. The minimum Gasteiger partial charge on any atom is -0.303 e. The fourth-order valence-electron chi connectivity index (χ4n) is 1.75. The first-order valence-corrected chi connectivity index (χ1v) is 4.62. The van der Waals surface area contributed by atoms with Crippen molar-refractivity contribution >= 4 is 0 Å². The van der Waals surface area contributed by atoms with Crippen LogP contribution in [0.4, 0.5) is 0 Å². The van der Waals surface area contributed by atoms with Crippen LogP contribution in [0.25, 0.3) is 0 Å². The average Bonchev–Trinajstić information content (AvgIpc) is 2.63. The Labute approximate surface area is 64.4 Å². The molecule has 1 aliphatic heterocycles. The van der Waals surface area contributed by atoms with Gasteiger partial charge in [0.15, 0.2) is 0 Å². The second-order valence-corrected chi connectivity index (χ2v) is 3.11. The molecule has 0 aromatic carbocycles. The zero-order chi connectivity index (χ0) is 7.56. The summed E-state index contributed by atoms with van der Waals surface area (Å²) in [5, 5.41) is 0. The van der Waals surface area contributed by atoms with Crippen molar-refractivity contribution in [3.63, 3.8) is 0 Å². The van der Waals surface area contributed by atoms with E-state index < -0.39 is 0 Å². The standard InChI is InChI=1S/C7H13N.C2H6/c1-2-8-4-6-3-7(6)5-8;1-2/h6-7H,2-5H2,1H3;1-2H3. The number of rotatable bonds is 1. The van der Waals surface area contributed by atoms with E-state index in [1.807, 2.05) is 13.8 Å². The summed E-state index contributed by atoms with van der Waals surface area (Å²) < 4.78 is 0. The number of piperidine rings is 1. The third kappa shape index (κ3) is 1.51. The second kappa shape index (κ2) is 3.38. The van der Waals surface area contributed by atoms with Crippen LogP contribution in [0.3, 0.4) is 0 Å². The lowest BCUT2D eigenvalue weighted by Gasteiger charge is -2.12. The zero-order valence-corrected chi connectivity index (χ0v) is 7.43. The quantitative estimate of drug-likeness (QED) is 0.540. The van der Waals surface area contributed by atoms with E-state index in [1.165, 1.54) is 26.1 Å². The lowest BCUT2D eigenvalue weighted by Crippen LogP contribution is -2.21. The largest absolute Gasteiger partial charge is 0.303 e. The predicted octanol–water partition coefficient (Wildman–Crippen LogP) is 1.98. The number of nitrogens with zero attached hydrogens (tertiary/aromatic N) is 1. The van der Waals surface area contributed by atoms with E-state index in [0.29, 0.717) is 0 Å². The molecule has 0 amide bonds. The monoisotopic (exact) mass is 141 g/mol. The molecule has 10 heavy (non-hydrogen) atoms. The zero-order valence-electron chi connectivity index (χ0n) is 7.43. The fraction of sp³-hybridized carbons (Fsp3) is 1.00. The summed E-state index contributed by atoms with van der Waals surface area (Å²) in [6.07, 6.45) is 1.54. The van der Waals surface area contributed by atoms with Crippen molar-refractivity contribution < 1.29 is 0 Å². The highest BCUT2D eigenvalue weighted by molar-refractivity contribution is 4.96. The second-order valence-electron chi connectivity index (χ2n) is 3.11. The molecule has 2 aliphatic rings. The van der Waals surface area contributed by atoms with Gasteiger partial charge in [-0.25, -0.2) is 0 Å². The number of hydrogen-bond donors (Lipinski definition) is 0. The summed E-state index contributed by atoms with van der Waals surface area (Å²) in [5.41, 5.74) is 0. The van der Waals surface area contributed by atoms with Crippen LogP contribution in [0, 0.1) is 11.8 Å². The summed E-state index contributed by atoms with van der Waals surface area (Å²) in [4.78, 5) is 2.55. The molecule has 0 bridgehead atoms. The predicted molar refractivity (Wildman–Crippen MR) is 45.1 cm³/mol. The molecule has 0 aromatic heterocycles. The Hall–Kier alpha value is -0.0400. The van der Waals surface area contributed by atoms with Crippen molar-refractivity contribution in [3.05, 3.63) is 0 Å². The van der Waals surface area contributed by atoms with Crippen LogP contribution in [0.2, 0.25) is 0 Å². The highest BCUT2D eigenvalue weighted by Gasteiger charge is 2.44. The summed E-state index contributed by atoms with van der Waals surface area (Å²) in [6.45, 7) is 10.3. The molecule has 1 saturated carbocycles. The van der Waals surface area contributed by atoms with E-state index in [1.54, 1.807) is 0 Å². The van der Waals surface area contributed by atoms with E-state index in [4.69, 9.17) is 0 Å². The maximum Gasteiger partial charge on any atom is 0.00129 e. The van der Waals surface area contributed by atoms with Gasteiger partial charge in [0.05, 0.1) is 0 Å². The lowest BCUT2D eigenvalue weighted by molar-refractivity contribution is 0.322. The first-order chi connectivity index (χ1) is 4.90. The molecule has 0 radical (unpaired) electrons. The maximum absolute atomic E-state index is 2.55. The van der Waals surface area contributed by atoms with Gasteiger partial charge < -0.3 is 4.90 Å². The minimum atomic E-state index is 1.12. The highest BCUT2D eigenvalue weighted by Crippen LogP contribution is 2.44. The van der Waals surface area contributed by atoms with Crippen molar-refractivity contribution in [2.24, 2.45) is 11.8 Å². The van der Waals surface area contributed by atoms with Gasteiger partial charge in [-0.05, 0) is 24.8 Å². The number of hydrogen-bond acceptors (Lipinski definition) is 1. The number of likely N-dealkylation sites (tertiary alicyclic amines) is 1. The van der Waals surface area contributed by atoms with Gasteiger partial charge in [0, 0.05) is 13.1 Å². The molecule has 0 N–H and O–H groups in total. The smallest absolute Gasteiger partial charge is 0.00129 e. The fourth-order valence-corrected chi connectivity index (χ4v) is 1.75. The lowest BCUT2D eigenvalue weighted by atomic mass is 10.4. The highest BCUT2D eigenvalue weighted by atomic mass is 15.2. The molecular weight excluding hydrogens is 122 g/mol. The summed E-state index contributed by atoms with van der Waals surface area (Å²) in [5.74, 6) is 2.24. The SMILES string of the molecule is CC.CCN1CC2CC2C1. The topological polar surface area (TPSA) is 3.24 Å². The van der Waals surface area contributed by atoms with Gasteiger partial charge in [-0.15, -0.1) is 0 Å². The van der Waals surface area contributed by atoms with Crippen molar-refractivity contribution in [1.29, 1.82) is 0 Å². The molecule has 2 rings (SSSR count). The first kappa shape index (κ1) is 8.06. The van der Waals surface area contributed by atoms with Gasteiger partial charge in [0.2, 0.25) is 0 Å². The van der Waals surface area contributed by atoms with E-state index in [-0.39, 0.29) is 0 Å². The minimum absolute atomic E-state index is 1.12. The van der Waals surface area contributed by atoms with Gasteiger partial charge in [0.1, 0.15) is 0 Å². The number of fused-ring (bicyclic) bond motifs is 1. The van der Waals surface area contributed by atoms with E-state index >= 15 is 0 Å². The molecule has 0 aromatic rings. The summed E-state index contributed by atoms with van der Waals surface area (Å²) in [7, 11) is 0. The van der Waals surface area contributed by atoms with Crippen LogP contribution in [0.5, 0.6) is 0 Å². The van der Waals surface area contributed by atoms with Crippen molar-refractivity contribution in [2.45, 2.75) is 27.2 Å². The van der Waals surface area contributed by atoms with Crippen LogP contribution >= 0.6 is 0 Å². The van der Waals surface area contributed by atoms with Gasteiger partial charge in [-0.2, -0.15) is 0 Å². The molecule has 1 heteroatoms. The molecule has 1 aliphatic carbocycles. The normalized spacial score (nSPS) is 36.3. The Kier molecular flexibility index (Phi) is 2.72. The molecule has 2 unspecified atom stereocenters. The molecule has 0 spiro atoms. The molecule has 1 nitrogen and oxygen atoms in total. The molecule has 1 heterocycles. The Bertz CT molecular complexity index is 90.9. The molecule has 2 fully saturated rings. The van der Waals surface area contributed by atoms with Gasteiger partial charge >= 0.3 is 0 Å². The van der Waals surface area contributed by atoms with Crippen LogP contribution < -0.4 is 0 Å². The van der Waals surface area contributed by atoms with Crippen LogP contribution in [-0.2, 0) is 0 Å². The summed E-state index contributed by atoms with van der Waals surface area (Å²) in [6, 6.07) is 0. The Morgan fingerprint density at radius 2 is 1.70 bits per heavy atom. The summed E-state index contributed by atoms with van der Waals surface area (Å²) >= 11 is 0. The van der Waals surface area contributed by atoms with Crippen molar-refractivity contribution in [2.75, 3.05) is 19.6 Å². The van der Waals surface area contributed by atoms with E-state index in [9.17, 15) is 0 Å².